The van der Waals surface area contributed by atoms with Crippen LogP contribution in [0, 0.1) is 5.41 Å². The fourth-order valence-corrected chi connectivity index (χ4v) is 2.21. The van der Waals surface area contributed by atoms with E-state index in [2.05, 4.69) is 49.5 Å². The molecule has 2 heteroatoms. The first-order valence-corrected chi connectivity index (χ1v) is 6.67. The van der Waals surface area contributed by atoms with Crippen molar-refractivity contribution in [2.24, 2.45) is 11.1 Å². The summed E-state index contributed by atoms with van der Waals surface area (Å²) in [7, 11) is 0. The average Bonchev–Trinajstić information content (AvgIpc) is 3.17. The Morgan fingerprint density at radius 1 is 1.35 bits per heavy atom. The van der Waals surface area contributed by atoms with Crippen molar-refractivity contribution in [3.05, 3.63) is 35.9 Å². The molecule has 1 aromatic rings. The lowest BCUT2D eigenvalue weighted by Crippen LogP contribution is -2.38. The van der Waals surface area contributed by atoms with Gasteiger partial charge in [0, 0.05) is 18.5 Å². The van der Waals surface area contributed by atoms with Crippen LogP contribution in [-0.4, -0.2) is 19.1 Å². The molecule has 3 atom stereocenters. The molecule has 2 nitrogen and oxygen atoms in total. The van der Waals surface area contributed by atoms with Crippen LogP contribution < -0.4 is 11.1 Å². The monoisotopic (exact) mass is 232 g/mol. The molecule has 0 aromatic heterocycles. The molecular formula is C15H24N2. The number of hydrogen-bond donors (Lipinski definition) is 2. The summed E-state index contributed by atoms with van der Waals surface area (Å²) in [6.07, 6.45) is 2.41. The summed E-state index contributed by atoms with van der Waals surface area (Å²) < 4.78 is 0. The Morgan fingerprint density at radius 3 is 2.65 bits per heavy atom. The maximum absolute atomic E-state index is 5.83. The van der Waals surface area contributed by atoms with E-state index in [9.17, 15) is 0 Å². The third kappa shape index (κ3) is 3.08. The van der Waals surface area contributed by atoms with E-state index < -0.39 is 0 Å². The molecule has 1 aliphatic carbocycles. The van der Waals surface area contributed by atoms with Crippen molar-refractivity contribution in [1.82, 2.24) is 5.32 Å². The number of rotatable bonds is 6. The lowest BCUT2D eigenvalue weighted by molar-refractivity contribution is 0.302. The molecule has 0 bridgehead atoms. The zero-order valence-electron chi connectivity index (χ0n) is 10.9. The topological polar surface area (TPSA) is 38.0 Å². The molecule has 2 rings (SSSR count). The molecule has 1 fully saturated rings. The van der Waals surface area contributed by atoms with Crippen LogP contribution in [0.25, 0.3) is 0 Å². The number of benzene rings is 1. The zero-order chi connectivity index (χ0) is 12.3. The highest BCUT2D eigenvalue weighted by molar-refractivity contribution is 5.27. The van der Waals surface area contributed by atoms with Crippen LogP contribution in [0.1, 0.15) is 38.2 Å². The molecule has 0 aliphatic heterocycles. The second-order valence-corrected chi connectivity index (χ2v) is 5.61. The van der Waals surface area contributed by atoms with Gasteiger partial charge in [0.2, 0.25) is 0 Å². The smallest absolute Gasteiger partial charge is 0.0143 e. The summed E-state index contributed by atoms with van der Waals surface area (Å²) in [5.41, 5.74) is 7.55. The summed E-state index contributed by atoms with van der Waals surface area (Å²) >= 11 is 0. The summed E-state index contributed by atoms with van der Waals surface area (Å²) in [5.74, 6) is 0.718. The van der Waals surface area contributed by atoms with Gasteiger partial charge in [-0.15, -0.1) is 0 Å². The highest BCUT2D eigenvalue weighted by Gasteiger charge is 2.38. The zero-order valence-corrected chi connectivity index (χ0v) is 10.9. The van der Waals surface area contributed by atoms with Gasteiger partial charge in [-0.05, 0) is 30.4 Å². The standard InChI is InChI=1S/C15H24N2/c1-3-15(2,10-16)11-17-14-9-13(14)12-7-5-4-6-8-12/h4-8,13-14,17H,3,9-11,16H2,1-2H3. The quantitative estimate of drug-likeness (QED) is 0.791. The van der Waals surface area contributed by atoms with E-state index in [4.69, 9.17) is 5.73 Å². The molecule has 1 saturated carbocycles. The maximum atomic E-state index is 5.83. The third-order valence-corrected chi connectivity index (χ3v) is 4.16. The highest BCUT2D eigenvalue weighted by Crippen LogP contribution is 2.41. The Morgan fingerprint density at radius 2 is 2.06 bits per heavy atom. The van der Waals surface area contributed by atoms with Crippen molar-refractivity contribution in [3.8, 4) is 0 Å². The van der Waals surface area contributed by atoms with E-state index in [1.54, 1.807) is 0 Å². The minimum absolute atomic E-state index is 0.254. The summed E-state index contributed by atoms with van der Waals surface area (Å²) in [6.45, 7) is 6.28. The van der Waals surface area contributed by atoms with E-state index in [0.717, 1.165) is 25.4 Å². The molecule has 1 aromatic carbocycles. The Kier molecular flexibility index (Phi) is 3.85. The van der Waals surface area contributed by atoms with Gasteiger partial charge < -0.3 is 11.1 Å². The van der Waals surface area contributed by atoms with Crippen molar-refractivity contribution < 1.29 is 0 Å². The number of hydrogen-bond acceptors (Lipinski definition) is 2. The molecule has 0 saturated heterocycles. The van der Waals surface area contributed by atoms with Gasteiger partial charge in [0.25, 0.3) is 0 Å². The fourth-order valence-electron chi connectivity index (χ4n) is 2.21. The Balaban J connectivity index is 1.81. The molecule has 3 unspecified atom stereocenters. The predicted octanol–water partition coefficient (Wildman–Crippen LogP) is 2.51. The molecule has 0 amide bonds. The molecule has 0 heterocycles. The van der Waals surface area contributed by atoms with Crippen molar-refractivity contribution in [2.75, 3.05) is 13.1 Å². The number of nitrogens with one attached hydrogen (secondary N) is 1. The molecular weight excluding hydrogens is 208 g/mol. The summed E-state index contributed by atoms with van der Waals surface area (Å²) in [4.78, 5) is 0. The molecule has 3 N–H and O–H groups in total. The molecule has 0 spiro atoms. The second kappa shape index (κ2) is 5.19. The Labute approximate surface area is 105 Å². The predicted molar refractivity (Wildman–Crippen MR) is 73.0 cm³/mol. The van der Waals surface area contributed by atoms with Crippen LogP contribution in [0.3, 0.4) is 0 Å². The fraction of sp³-hybridized carbons (Fsp3) is 0.600. The van der Waals surface area contributed by atoms with Crippen LogP contribution in [0.4, 0.5) is 0 Å². The normalized spacial score (nSPS) is 26.5. The van der Waals surface area contributed by atoms with E-state index in [1.165, 1.54) is 12.0 Å². The number of nitrogens with two attached hydrogens (primary N) is 1. The first-order valence-electron chi connectivity index (χ1n) is 6.67. The first kappa shape index (κ1) is 12.6. The van der Waals surface area contributed by atoms with Gasteiger partial charge in [0.15, 0.2) is 0 Å². The van der Waals surface area contributed by atoms with Crippen molar-refractivity contribution in [3.63, 3.8) is 0 Å². The van der Waals surface area contributed by atoms with Crippen LogP contribution in [0.5, 0.6) is 0 Å². The van der Waals surface area contributed by atoms with Gasteiger partial charge in [0.05, 0.1) is 0 Å². The van der Waals surface area contributed by atoms with Crippen LogP contribution in [0.15, 0.2) is 30.3 Å². The summed E-state index contributed by atoms with van der Waals surface area (Å²) in [5, 5.41) is 3.67. The maximum Gasteiger partial charge on any atom is 0.0143 e. The van der Waals surface area contributed by atoms with E-state index in [1.807, 2.05) is 0 Å². The van der Waals surface area contributed by atoms with Gasteiger partial charge in [-0.1, -0.05) is 44.2 Å². The van der Waals surface area contributed by atoms with Crippen LogP contribution in [0.2, 0.25) is 0 Å². The SMILES string of the molecule is CCC(C)(CN)CNC1CC1c1ccccc1. The average molecular weight is 232 g/mol. The molecule has 1 aliphatic rings. The van der Waals surface area contributed by atoms with Crippen molar-refractivity contribution in [1.29, 1.82) is 0 Å². The van der Waals surface area contributed by atoms with Crippen LogP contribution >= 0.6 is 0 Å². The van der Waals surface area contributed by atoms with Crippen LogP contribution in [-0.2, 0) is 0 Å². The molecule has 17 heavy (non-hydrogen) atoms. The second-order valence-electron chi connectivity index (χ2n) is 5.61. The largest absolute Gasteiger partial charge is 0.330 e. The van der Waals surface area contributed by atoms with Gasteiger partial charge in [0.1, 0.15) is 0 Å². The highest BCUT2D eigenvalue weighted by atomic mass is 15.0. The molecule has 0 radical (unpaired) electrons. The van der Waals surface area contributed by atoms with Gasteiger partial charge >= 0.3 is 0 Å². The lowest BCUT2D eigenvalue weighted by atomic mass is 9.88. The third-order valence-electron chi connectivity index (χ3n) is 4.16. The minimum Gasteiger partial charge on any atom is -0.330 e. The Hall–Kier alpha value is -0.860. The minimum atomic E-state index is 0.254. The lowest BCUT2D eigenvalue weighted by Gasteiger charge is -2.26. The molecule has 94 valence electrons. The van der Waals surface area contributed by atoms with Gasteiger partial charge in [-0.3, -0.25) is 0 Å². The van der Waals surface area contributed by atoms with E-state index >= 15 is 0 Å². The van der Waals surface area contributed by atoms with Gasteiger partial charge in [-0.25, -0.2) is 0 Å². The van der Waals surface area contributed by atoms with E-state index in [-0.39, 0.29) is 5.41 Å². The van der Waals surface area contributed by atoms with Crippen molar-refractivity contribution in [2.45, 2.75) is 38.6 Å². The summed E-state index contributed by atoms with van der Waals surface area (Å²) in [6, 6.07) is 11.5. The van der Waals surface area contributed by atoms with Gasteiger partial charge in [-0.2, -0.15) is 0 Å². The van der Waals surface area contributed by atoms with Crippen molar-refractivity contribution >= 4 is 0 Å². The van der Waals surface area contributed by atoms with E-state index in [0.29, 0.717) is 6.04 Å². The Bertz CT molecular complexity index is 343. The first-order chi connectivity index (χ1) is 8.18.